The lowest BCUT2D eigenvalue weighted by Crippen LogP contribution is -2.39. The SMILES string of the molecule is CC(CCO[C@H]1C[C@H](C(=O)O)N(S(C)(=O)=O)C1)N(Cc1cccc(C(F)(F)F)c1Cl)CC(c1ccccc1)c1ccccc1. The third-order valence-electron chi connectivity index (χ3n) is 8.02. The molecule has 0 aromatic heterocycles. The number of nitrogens with zero attached hydrogens (tertiary/aromatic N) is 2. The zero-order valence-corrected chi connectivity index (χ0v) is 26.0. The van der Waals surface area contributed by atoms with Crippen molar-refractivity contribution in [1.29, 1.82) is 0 Å². The highest BCUT2D eigenvalue weighted by Crippen LogP contribution is 2.37. The number of halogens is 4. The van der Waals surface area contributed by atoms with E-state index >= 15 is 0 Å². The molecule has 0 spiro atoms. The molecule has 1 aliphatic heterocycles. The Morgan fingerprint density at radius 2 is 1.64 bits per heavy atom. The highest BCUT2D eigenvalue weighted by Gasteiger charge is 2.42. The number of carboxylic acids is 1. The van der Waals surface area contributed by atoms with Crippen LogP contribution in [0.2, 0.25) is 5.02 Å². The Morgan fingerprint density at radius 1 is 1.05 bits per heavy atom. The van der Waals surface area contributed by atoms with Crippen LogP contribution in [0.4, 0.5) is 13.2 Å². The molecule has 3 aromatic carbocycles. The van der Waals surface area contributed by atoms with Crippen molar-refractivity contribution >= 4 is 27.6 Å². The van der Waals surface area contributed by atoms with Crippen LogP contribution in [0.3, 0.4) is 0 Å². The first kappa shape index (κ1) is 33.9. The van der Waals surface area contributed by atoms with Crippen LogP contribution in [0, 0.1) is 0 Å². The Bertz CT molecular complexity index is 1470. The van der Waals surface area contributed by atoms with Gasteiger partial charge in [-0.2, -0.15) is 17.5 Å². The van der Waals surface area contributed by atoms with Gasteiger partial charge in [0.05, 0.1) is 22.9 Å². The second-order valence-electron chi connectivity index (χ2n) is 11.1. The van der Waals surface area contributed by atoms with Crippen molar-refractivity contribution in [2.24, 2.45) is 0 Å². The molecular formula is C32H36ClF3N2O5S. The Hall–Kier alpha value is -2.96. The molecule has 238 valence electrons. The van der Waals surface area contributed by atoms with Crippen molar-refractivity contribution in [1.82, 2.24) is 9.21 Å². The van der Waals surface area contributed by atoms with Gasteiger partial charge in [0, 0.05) is 44.6 Å². The maximum atomic E-state index is 13.7. The van der Waals surface area contributed by atoms with Gasteiger partial charge >= 0.3 is 12.1 Å². The topological polar surface area (TPSA) is 87.1 Å². The van der Waals surface area contributed by atoms with Gasteiger partial charge in [0.2, 0.25) is 10.0 Å². The number of hydrogen-bond acceptors (Lipinski definition) is 5. The zero-order chi connectivity index (χ0) is 32.1. The fraction of sp³-hybridized carbons (Fsp3) is 0.406. The predicted molar refractivity (Wildman–Crippen MR) is 163 cm³/mol. The van der Waals surface area contributed by atoms with Crippen molar-refractivity contribution in [3.05, 3.63) is 106 Å². The van der Waals surface area contributed by atoms with E-state index in [1.807, 2.05) is 67.6 Å². The maximum absolute atomic E-state index is 13.7. The van der Waals surface area contributed by atoms with E-state index in [-0.39, 0.29) is 43.1 Å². The summed E-state index contributed by atoms with van der Waals surface area (Å²) in [6.45, 7) is 2.71. The van der Waals surface area contributed by atoms with E-state index in [4.69, 9.17) is 16.3 Å². The summed E-state index contributed by atoms with van der Waals surface area (Å²) in [6.07, 6.45) is -3.72. The molecule has 4 rings (SSSR count). The first-order chi connectivity index (χ1) is 20.8. The van der Waals surface area contributed by atoms with E-state index in [0.717, 1.165) is 27.8 Å². The minimum Gasteiger partial charge on any atom is -0.480 e. The summed E-state index contributed by atoms with van der Waals surface area (Å²) in [5, 5.41) is 9.17. The van der Waals surface area contributed by atoms with Gasteiger partial charge < -0.3 is 9.84 Å². The molecule has 1 unspecified atom stereocenters. The molecule has 1 saturated heterocycles. The summed E-state index contributed by atoms with van der Waals surface area (Å²) in [6, 6.07) is 22.3. The lowest BCUT2D eigenvalue weighted by Gasteiger charge is -2.34. The number of benzene rings is 3. The third-order valence-corrected chi connectivity index (χ3v) is 9.72. The quantitative estimate of drug-likeness (QED) is 0.234. The van der Waals surface area contributed by atoms with Crippen LogP contribution >= 0.6 is 11.6 Å². The fourth-order valence-corrected chi connectivity index (χ4v) is 6.99. The minimum atomic E-state index is -4.59. The fourth-order valence-electron chi connectivity index (χ4n) is 5.62. The maximum Gasteiger partial charge on any atom is 0.417 e. The van der Waals surface area contributed by atoms with Crippen molar-refractivity contribution in [2.45, 2.75) is 56.6 Å². The lowest BCUT2D eigenvalue weighted by molar-refractivity contribution is -0.141. The van der Waals surface area contributed by atoms with Gasteiger partial charge in [0.1, 0.15) is 6.04 Å². The first-order valence-corrected chi connectivity index (χ1v) is 16.5. The Kier molecular flexibility index (Phi) is 11.1. The summed E-state index contributed by atoms with van der Waals surface area (Å²) in [4.78, 5) is 13.7. The molecule has 44 heavy (non-hydrogen) atoms. The number of rotatable bonds is 13. The standard InChI is InChI=1S/C32H36ClF3N2O5S/c1-22(16-17-43-26-18-29(31(39)40)38(20-26)44(2,41)42)37(19-25-14-9-15-28(30(25)33)32(34,35)36)21-27(23-10-5-3-6-11-23)24-12-7-4-8-13-24/h3-15,22,26-27,29H,16-21H2,1-2H3,(H,39,40)/t22?,26-,29+/m0/s1. The molecule has 0 aliphatic carbocycles. The van der Waals surface area contributed by atoms with Crippen LogP contribution in [0.15, 0.2) is 78.9 Å². The molecule has 1 aliphatic rings. The highest BCUT2D eigenvalue weighted by atomic mass is 35.5. The van der Waals surface area contributed by atoms with E-state index in [9.17, 15) is 31.5 Å². The number of carbonyl (C=O) groups is 1. The van der Waals surface area contributed by atoms with Gasteiger partial charge in [-0.3, -0.25) is 9.69 Å². The first-order valence-electron chi connectivity index (χ1n) is 14.3. The molecule has 12 heteroatoms. The van der Waals surface area contributed by atoms with Crippen LogP contribution in [0.1, 0.15) is 47.9 Å². The van der Waals surface area contributed by atoms with Crippen LogP contribution in [-0.4, -0.2) is 72.8 Å². The third kappa shape index (κ3) is 8.60. The number of alkyl halides is 3. The largest absolute Gasteiger partial charge is 0.480 e. The smallest absolute Gasteiger partial charge is 0.417 e. The molecule has 0 bridgehead atoms. The molecule has 3 aromatic rings. The Balaban J connectivity index is 1.57. The monoisotopic (exact) mass is 652 g/mol. The number of ether oxygens (including phenoxy) is 1. The van der Waals surface area contributed by atoms with E-state index in [1.54, 1.807) is 6.07 Å². The van der Waals surface area contributed by atoms with Gasteiger partial charge in [-0.15, -0.1) is 0 Å². The molecule has 0 radical (unpaired) electrons. The summed E-state index contributed by atoms with van der Waals surface area (Å²) >= 11 is 6.32. The van der Waals surface area contributed by atoms with E-state index in [2.05, 4.69) is 4.90 Å². The van der Waals surface area contributed by atoms with Crippen LogP contribution in [0.25, 0.3) is 0 Å². The minimum absolute atomic E-state index is 0.0322. The molecule has 1 N–H and O–H groups in total. The highest BCUT2D eigenvalue weighted by molar-refractivity contribution is 7.88. The second-order valence-corrected chi connectivity index (χ2v) is 13.4. The number of aliphatic carboxylic acids is 1. The number of hydrogen-bond donors (Lipinski definition) is 1. The number of carboxylic acid groups (broad SMARTS) is 1. The van der Waals surface area contributed by atoms with E-state index in [0.29, 0.717) is 18.5 Å². The summed E-state index contributed by atoms with van der Waals surface area (Å²) < 4.78 is 72.2. The van der Waals surface area contributed by atoms with Crippen molar-refractivity contribution in [3.63, 3.8) is 0 Å². The van der Waals surface area contributed by atoms with Crippen LogP contribution < -0.4 is 0 Å². The van der Waals surface area contributed by atoms with Crippen LogP contribution in [-0.2, 0) is 32.3 Å². The summed E-state index contributed by atoms with van der Waals surface area (Å²) in [5.41, 5.74) is 1.56. The summed E-state index contributed by atoms with van der Waals surface area (Å²) in [5.74, 6) is -1.33. The average Bonchev–Trinajstić information content (AvgIpc) is 3.42. The van der Waals surface area contributed by atoms with Crippen molar-refractivity contribution < 1.29 is 36.2 Å². The van der Waals surface area contributed by atoms with Crippen molar-refractivity contribution in [3.8, 4) is 0 Å². The normalized spacial score (nSPS) is 18.6. The molecule has 3 atom stereocenters. The Labute approximate surface area is 261 Å². The van der Waals surface area contributed by atoms with Crippen molar-refractivity contribution in [2.75, 3.05) is 26.0 Å². The number of sulfonamides is 1. The van der Waals surface area contributed by atoms with Gasteiger partial charge in [-0.1, -0.05) is 84.4 Å². The van der Waals surface area contributed by atoms with Gasteiger partial charge in [-0.05, 0) is 36.1 Å². The molecule has 7 nitrogen and oxygen atoms in total. The van der Waals surface area contributed by atoms with Gasteiger partial charge in [-0.25, -0.2) is 8.42 Å². The molecule has 1 heterocycles. The van der Waals surface area contributed by atoms with E-state index < -0.39 is 39.9 Å². The predicted octanol–water partition coefficient (Wildman–Crippen LogP) is 6.28. The molecular weight excluding hydrogens is 617 g/mol. The molecule has 0 amide bonds. The molecule has 1 fully saturated rings. The average molecular weight is 653 g/mol. The zero-order valence-electron chi connectivity index (χ0n) is 24.5. The van der Waals surface area contributed by atoms with Crippen LogP contribution in [0.5, 0.6) is 0 Å². The van der Waals surface area contributed by atoms with Gasteiger partial charge in [0.25, 0.3) is 0 Å². The molecule has 0 saturated carbocycles. The van der Waals surface area contributed by atoms with E-state index in [1.165, 1.54) is 6.07 Å². The van der Waals surface area contributed by atoms with Gasteiger partial charge in [0.15, 0.2) is 0 Å². The Morgan fingerprint density at radius 3 is 2.14 bits per heavy atom. The lowest BCUT2D eigenvalue weighted by atomic mass is 9.90. The second kappa shape index (κ2) is 14.4. The summed E-state index contributed by atoms with van der Waals surface area (Å²) in [7, 11) is -3.73.